The summed E-state index contributed by atoms with van der Waals surface area (Å²) >= 11 is 0. The van der Waals surface area contributed by atoms with Gasteiger partial charge in [-0.25, -0.2) is 4.98 Å². The van der Waals surface area contributed by atoms with E-state index in [9.17, 15) is 4.79 Å². The average Bonchev–Trinajstić information content (AvgIpc) is 2.78. The van der Waals surface area contributed by atoms with Gasteiger partial charge in [0.05, 0.1) is 14.2 Å². The monoisotopic (exact) mass is 391 g/mol. The normalized spacial score (nSPS) is 10.3. The van der Waals surface area contributed by atoms with Crippen LogP contribution in [-0.2, 0) is 6.54 Å². The number of amides is 1. The maximum atomic E-state index is 12.8. The Morgan fingerprint density at radius 1 is 1.00 bits per heavy atom. The average molecular weight is 391 g/mol. The summed E-state index contributed by atoms with van der Waals surface area (Å²) < 4.78 is 10.5. The van der Waals surface area contributed by atoms with Crippen molar-refractivity contribution in [1.82, 2.24) is 4.98 Å². The van der Waals surface area contributed by atoms with E-state index < -0.39 is 0 Å². The Labute approximate surface area is 171 Å². The minimum atomic E-state index is -0.211. The standard InChI is InChI=1S/C23H25N3O3/c1-4-26(16-17-8-6-5-7-9-17)22-14-18(12-13-24-22)23(27)25-19-10-11-20(28-2)21(15-19)29-3/h5-15H,4,16H2,1-3H3,(H,25,27). The molecule has 0 saturated heterocycles. The van der Waals surface area contributed by atoms with Gasteiger partial charge < -0.3 is 19.7 Å². The number of hydrogen-bond acceptors (Lipinski definition) is 5. The number of nitrogens with zero attached hydrogens (tertiary/aromatic N) is 2. The number of carbonyl (C=O) groups is 1. The predicted molar refractivity (Wildman–Crippen MR) is 115 cm³/mol. The molecule has 3 aromatic rings. The molecule has 0 aliphatic carbocycles. The second-order valence-corrected chi connectivity index (χ2v) is 6.43. The molecule has 29 heavy (non-hydrogen) atoms. The van der Waals surface area contributed by atoms with Gasteiger partial charge in [0.25, 0.3) is 5.91 Å². The summed E-state index contributed by atoms with van der Waals surface area (Å²) in [7, 11) is 3.13. The lowest BCUT2D eigenvalue weighted by Gasteiger charge is -2.22. The first-order valence-electron chi connectivity index (χ1n) is 9.43. The number of carbonyl (C=O) groups excluding carboxylic acids is 1. The molecule has 1 amide bonds. The van der Waals surface area contributed by atoms with Gasteiger partial charge in [0.15, 0.2) is 11.5 Å². The highest BCUT2D eigenvalue weighted by Crippen LogP contribution is 2.30. The van der Waals surface area contributed by atoms with E-state index in [1.54, 1.807) is 44.7 Å². The molecule has 0 fully saturated rings. The summed E-state index contributed by atoms with van der Waals surface area (Å²) in [5, 5.41) is 2.90. The Morgan fingerprint density at radius 3 is 2.45 bits per heavy atom. The number of hydrogen-bond donors (Lipinski definition) is 1. The Kier molecular flexibility index (Phi) is 6.68. The Hall–Kier alpha value is -3.54. The fourth-order valence-corrected chi connectivity index (χ4v) is 3.01. The van der Waals surface area contributed by atoms with Gasteiger partial charge in [0.1, 0.15) is 5.82 Å². The van der Waals surface area contributed by atoms with Crippen molar-refractivity contribution in [1.29, 1.82) is 0 Å². The SMILES string of the molecule is CCN(Cc1ccccc1)c1cc(C(=O)Nc2ccc(OC)c(OC)c2)ccn1. The fourth-order valence-electron chi connectivity index (χ4n) is 3.01. The molecule has 0 saturated carbocycles. The van der Waals surface area contributed by atoms with E-state index in [4.69, 9.17) is 9.47 Å². The topological polar surface area (TPSA) is 63.7 Å². The molecule has 0 spiro atoms. The summed E-state index contributed by atoms with van der Waals surface area (Å²) in [5.41, 5.74) is 2.36. The minimum Gasteiger partial charge on any atom is -0.493 e. The van der Waals surface area contributed by atoms with Gasteiger partial charge in [0.2, 0.25) is 0 Å². The molecular weight excluding hydrogens is 366 g/mol. The first kappa shape index (κ1) is 20.2. The molecule has 1 aromatic heterocycles. The van der Waals surface area contributed by atoms with Crippen LogP contribution in [0.25, 0.3) is 0 Å². The fraction of sp³-hybridized carbons (Fsp3) is 0.217. The molecule has 6 heteroatoms. The number of ether oxygens (including phenoxy) is 2. The smallest absolute Gasteiger partial charge is 0.255 e. The number of rotatable bonds is 8. The Bertz CT molecular complexity index is 961. The van der Waals surface area contributed by atoms with Crippen LogP contribution in [0.1, 0.15) is 22.8 Å². The molecule has 6 nitrogen and oxygen atoms in total. The van der Waals surface area contributed by atoms with Crippen molar-refractivity contribution in [2.45, 2.75) is 13.5 Å². The second-order valence-electron chi connectivity index (χ2n) is 6.43. The van der Waals surface area contributed by atoms with Crippen molar-refractivity contribution in [2.24, 2.45) is 0 Å². The number of pyridine rings is 1. The maximum absolute atomic E-state index is 12.8. The van der Waals surface area contributed by atoms with Crippen LogP contribution >= 0.6 is 0 Å². The Morgan fingerprint density at radius 2 is 1.76 bits per heavy atom. The van der Waals surface area contributed by atoms with Crippen molar-refractivity contribution in [3.63, 3.8) is 0 Å². The van der Waals surface area contributed by atoms with Crippen LogP contribution < -0.4 is 19.7 Å². The number of aromatic nitrogens is 1. The van der Waals surface area contributed by atoms with E-state index in [-0.39, 0.29) is 5.91 Å². The van der Waals surface area contributed by atoms with E-state index >= 15 is 0 Å². The largest absolute Gasteiger partial charge is 0.493 e. The summed E-state index contributed by atoms with van der Waals surface area (Å²) in [4.78, 5) is 19.3. The van der Waals surface area contributed by atoms with E-state index in [0.29, 0.717) is 22.7 Å². The molecule has 3 rings (SSSR count). The van der Waals surface area contributed by atoms with E-state index in [1.807, 2.05) is 24.3 Å². The lowest BCUT2D eigenvalue weighted by atomic mass is 10.2. The second kappa shape index (κ2) is 9.59. The third-order valence-electron chi connectivity index (χ3n) is 4.57. The molecule has 150 valence electrons. The third-order valence-corrected chi connectivity index (χ3v) is 4.57. The number of anilines is 2. The van der Waals surface area contributed by atoms with Crippen molar-refractivity contribution in [3.8, 4) is 11.5 Å². The molecule has 1 N–H and O–H groups in total. The predicted octanol–water partition coefficient (Wildman–Crippen LogP) is 4.38. The highest BCUT2D eigenvalue weighted by Gasteiger charge is 2.13. The Balaban J connectivity index is 1.76. The molecule has 0 atom stereocenters. The van der Waals surface area contributed by atoms with Crippen LogP contribution in [0.15, 0.2) is 66.9 Å². The van der Waals surface area contributed by atoms with Crippen molar-refractivity contribution in [3.05, 3.63) is 78.0 Å². The maximum Gasteiger partial charge on any atom is 0.255 e. The molecule has 2 aromatic carbocycles. The molecule has 0 aliphatic heterocycles. The highest BCUT2D eigenvalue weighted by molar-refractivity contribution is 6.04. The lowest BCUT2D eigenvalue weighted by molar-refractivity contribution is 0.102. The van der Waals surface area contributed by atoms with Crippen LogP contribution in [0.4, 0.5) is 11.5 Å². The molecule has 1 heterocycles. The van der Waals surface area contributed by atoms with Crippen molar-refractivity contribution < 1.29 is 14.3 Å². The summed E-state index contributed by atoms with van der Waals surface area (Å²) in [6, 6.07) is 19.0. The molecule has 0 unspecified atom stereocenters. The van der Waals surface area contributed by atoms with E-state index in [2.05, 4.69) is 34.3 Å². The summed E-state index contributed by atoms with van der Waals surface area (Å²) in [6.45, 7) is 3.58. The first-order chi connectivity index (χ1) is 14.1. The molecule has 0 radical (unpaired) electrons. The quantitative estimate of drug-likeness (QED) is 0.617. The number of benzene rings is 2. The van der Waals surface area contributed by atoms with Gasteiger partial charge in [-0.05, 0) is 36.8 Å². The van der Waals surface area contributed by atoms with Gasteiger partial charge in [-0.15, -0.1) is 0 Å². The van der Waals surface area contributed by atoms with Crippen LogP contribution in [0.2, 0.25) is 0 Å². The van der Waals surface area contributed by atoms with Gasteiger partial charge in [-0.1, -0.05) is 30.3 Å². The van der Waals surface area contributed by atoms with Gasteiger partial charge in [-0.2, -0.15) is 0 Å². The number of nitrogens with one attached hydrogen (secondary N) is 1. The van der Waals surface area contributed by atoms with Crippen LogP contribution in [-0.4, -0.2) is 31.7 Å². The zero-order valence-electron chi connectivity index (χ0n) is 16.9. The molecule has 0 bridgehead atoms. The lowest BCUT2D eigenvalue weighted by Crippen LogP contribution is -2.23. The summed E-state index contributed by atoms with van der Waals surface area (Å²) in [6.07, 6.45) is 1.66. The zero-order chi connectivity index (χ0) is 20.6. The van der Waals surface area contributed by atoms with Gasteiger partial charge in [0, 0.05) is 36.6 Å². The summed E-state index contributed by atoms with van der Waals surface area (Å²) in [5.74, 6) is 1.71. The van der Waals surface area contributed by atoms with Crippen molar-refractivity contribution in [2.75, 3.05) is 31.0 Å². The van der Waals surface area contributed by atoms with Gasteiger partial charge >= 0.3 is 0 Å². The van der Waals surface area contributed by atoms with Crippen LogP contribution in [0, 0.1) is 0 Å². The molecule has 0 aliphatic rings. The van der Waals surface area contributed by atoms with E-state index in [1.165, 1.54) is 5.56 Å². The van der Waals surface area contributed by atoms with E-state index in [0.717, 1.165) is 18.9 Å². The third kappa shape index (κ3) is 5.04. The minimum absolute atomic E-state index is 0.211. The zero-order valence-corrected chi connectivity index (χ0v) is 16.9. The number of methoxy groups -OCH3 is 2. The van der Waals surface area contributed by atoms with Crippen molar-refractivity contribution >= 4 is 17.4 Å². The van der Waals surface area contributed by atoms with Crippen LogP contribution in [0.3, 0.4) is 0 Å². The van der Waals surface area contributed by atoms with Gasteiger partial charge in [-0.3, -0.25) is 4.79 Å². The van der Waals surface area contributed by atoms with Crippen LogP contribution in [0.5, 0.6) is 11.5 Å². The first-order valence-corrected chi connectivity index (χ1v) is 9.43. The molecular formula is C23H25N3O3. The highest BCUT2D eigenvalue weighted by atomic mass is 16.5.